The monoisotopic (exact) mass is 453 g/mol. The number of rotatable bonds is 4. The fraction of sp³-hybridized carbons (Fsp3) is 0.379. The number of hydrogen-bond acceptors (Lipinski definition) is 3. The highest BCUT2D eigenvalue weighted by Crippen LogP contribution is 2.41. The van der Waals surface area contributed by atoms with Crippen molar-refractivity contribution in [3.63, 3.8) is 0 Å². The fourth-order valence-electron chi connectivity index (χ4n) is 5.96. The molecule has 1 aliphatic carbocycles. The van der Waals surface area contributed by atoms with Crippen molar-refractivity contribution < 1.29 is 9.53 Å². The third kappa shape index (κ3) is 3.73. The quantitative estimate of drug-likeness (QED) is 0.333. The highest BCUT2D eigenvalue weighted by atomic mass is 16.5. The van der Waals surface area contributed by atoms with Gasteiger partial charge < -0.3 is 9.30 Å². The normalized spacial score (nSPS) is 18.0. The lowest BCUT2D eigenvalue weighted by molar-refractivity contribution is -0.143. The number of carbonyl (C=O) groups excluding carboxylic acids is 1. The van der Waals surface area contributed by atoms with Crippen LogP contribution in [-0.4, -0.2) is 26.9 Å². The number of aromatic nitrogens is 3. The van der Waals surface area contributed by atoms with Gasteiger partial charge in [-0.3, -0.25) is 9.48 Å². The average Bonchev–Trinajstić information content (AvgIpc) is 3.47. The van der Waals surface area contributed by atoms with Crippen molar-refractivity contribution in [2.75, 3.05) is 6.61 Å². The van der Waals surface area contributed by atoms with Crippen LogP contribution in [0.15, 0.2) is 60.9 Å². The molecule has 34 heavy (non-hydrogen) atoms. The Balaban J connectivity index is 1.60. The van der Waals surface area contributed by atoms with Crippen molar-refractivity contribution in [3.8, 4) is 11.3 Å². The van der Waals surface area contributed by atoms with Crippen LogP contribution in [0, 0.1) is 0 Å². The Morgan fingerprint density at radius 1 is 1.09 bits per heavy atom. The molecule has 0 radical (unpaired) electrons. The molecule has 0 saturated heterocycles. The van der Waals surface area contributed by atoms with Gasteiger partial charge in [0.25, 0.3) is 0 Å². The number of hydrogen-bond donors (Lipinski definition) is 0. The summed E-state index contributed by atoms with van der Waals surface area (Å²) < 4.78 is 9.99. The van der Waals surface area contributed by atoms with Crippen LogP contribution in [0.3, 0.4) is 0 Å². The van der Waals surface area contributed by atoms with E-state index in [1.54, 1.807) is 0 Å². The summed E-state index contributed by atoms with van der Waals surface area (Å²) in [5.74, 6) is -0.192. The van der Waals surface area contributed by atoms with Gasteiger partial charge in [0, 0.05) is 40.8 Å². The number of nitrogens with zero attached hydrogens (tertiary/aromatic N) is 3. The van der Waals surface area contributed by atoms with Crippen molar-refractivity contribution in [3.05, 3.63) is 77.6 Å². The Hall–Kier alpha value is -3.34. The molecule has 6 rings (SSSR count). The van der Waals surface area contributed by atoms with E-state index in [-0.39, 0.29) is 11.9 Å². The van der Waals surface area contributed by atoms with Crippen LogP contribution >= 0.6 is 0 Å². The maximum Gasteiger partial charge on any atom is 0.306 e. The van der Waals surface area contributed by atoms with E-state index in [4.69, 9.17) is 4.74 Å². The lowest BCUT2D eigenvalue weighted by atomic mass is 9.87. The van der Waals surface area contributed by atoms with Crippen molar-refractivity contribution >= 4 is 16.9 Å². The van der Waals surface area contributed by atoms with E-state index in [0.29, 0.717) is 25.6 Å². The van der Waals surface area contributed by atoms with Gasteiger partial charge in [0.1, 0.15) is 0 Å². The number of ether oxygens (including phenoxy) is 1. The summed E-state index contributed by atoms with van der Waals surface area (Å²) in [6.07, 6.45) is 10.9. The van der Waals surface area contributed by atoms with Gasteiger partial charge in [-0.25, -0.2) is 0 Å². The van der Waals surface area contributed by atoms with Crippen LogP contribution in [0.4, 0.5) is 0 Å². The molecular weight excluding hydrogens is 422 g/mol. The Morgan fingerprint density at radius 3 is 2.82 bits per heavy atom. The minimum Gasteiger partial charge on any atom is -0.466 e. The molecule has 2 aliphatic rings. The number of esters is 1. The van der Waals surface area contributed by atoms with Crippen LogP contribution in [-0.2, 0) is 16.1 Å². The molecule has 5 heteroatoms. The van der Waals surface area contributed by atoms with Crippen LogP contribution in [0.25, 0.3) is 22.2 Å². The third-order valence-corrected chi connectivity index (χ3v) is 7.58. The minimum absolute atomic E-state index is 0.0491. The van der Waals surface area contributed by atoms with Gasteiger partial charge in [-0.15, -0.1) is 0 Å². The predicted octanol–water partition coefficient (Wildman–Crippen LogP) is 6.46. The highest BCUT2D eigenvalue weighted by Gasteiger charge is 2.27. The zero-order valence-corrected chi connectivity index (χ0v) is 19.7. The Kier molecular flexibility index (Phi) is 5.48. The Bertz CT molecular complexity index is 1340. The molecular formula is C29H31N3O2. The third-order valence-electron chi connectivity index (χ3n) is 7.58. The van der Waals surface area contributed by atoms with E-state index < -0.39 is 0 Å². The van der Waals surface area contributed by atoms with Crippen LogP contribution in [0.2, 0.25) is 0 Å². The van der Waals surface area contributed by atoms with Gasteiger partial charge in [-0.05, 0) is 54.7 Å². The second-order valence-corrected chi connectivity index (χ2v) is 9.70. The first-order valence-corrected chi connectivity index (χ1v) is 12.6. The zero-order chi connectivity index (χ0) is 23.1. The molecule has 1 saturated carbocycles. The average molecular weight is 454 g/mol. The minimum atomic E-state index is -0.143. The molecule has 1 aliphatic heterocycles. The molecule has 0 amide bonds. The molecule has 0 N–H and O–H groups in total. The summed E-state index contributed by atoms with van der Waals surface area (Å²) in [6.45, 7) is 2.98. The largest absolute Gasteiger partial charge is 0.466 e. The van der Waals surface area contributed by atoms with Crippen LogP contribution in [0.1, 0.15) is 74.1 Å². The molecule has 3 heterocycles. The van der Waals surface area contributed by atoms with E-state index in [2.05, 4.69) is 69.1 Å². The molecule has 1 atom stereocenters. The molecule has 5 nitrogen and oxygen atoms in total. The lowest BCUT2D eigenvalue weighted by Crippen LogP contribution is -2.13. The van der Waals surface area contributed by atoms with E-state index in [1.807, 2.05) is 13.1 Å². The SMILES string of the molecule is CCOC(=O)CC1c2cccc(c2)Cn2nccc2-c2ccc3c(c2)c1cn3C1CCCCC1. The van der Waals surface area contributed by atoms with Crippen LogP contribution in [0.5, 0.6) is 0 Å². The van der Waals surface area contributed by atoms with Gasteiger partial charge in [-0.2, -0.15) is 5.10 Å². The van der Waals surface area contributed by atoms with Crippen molar-refractivity contribution in [1.29, 1.82) is 0 Å². The lowest BCUT2D eigenvalue weighted by Gasteiger charge is -2.24. The molecule has 4 bridgehead atoms. The molecule has 4 aromatic rings. The summed E-state index contributed by atoms with van der Waals surface area (Å²) in [4.78, 5) is 12.8. The molecule has 0 spiro atoms. The Labute approximate surface area is 200 Å². The predicted molar refractivity (Wildman–Crippen MR) is 134 cm³/mol. The van der Waals surface area contributed by atoms with Crippen molar-refractivity contribution in [2.24, 2.45) is 0 Å². The molecule has 1 fully saturated rings. The first-order valence-electron chi connectivity index (χ1n) is 12.6. The maximum absolute atomic E-state index is 12.8. The highest BCUT2D eigenvalue weighted by molar-refractivity contribution is 5.90. The maximum atomic E-state index is 12.8. The second-order valence-electron chi connectivity index (χ2n) is 9.70. The van der Waals surface area contributed by atoms with Crippen molar-refractivity contribution in [1.82, 2.24) is 14.3 Å². The summed E-state index contributed by atoms with van der Waals surface area (Å²) in [5.41, 5.74) is 7.12. The summed E-state index contributed by atoms with van der Waals surface area (Å²) in [6, 6.07) is 18.1. The molecule has 174 valence electrons. The van der Waals surface area contributed by atoms with E-state index in [0.717, 1.165) is 16.8 Å². The van der Waals surface area contributed by atoms with E-state index in [1.165, 1.54) is 54.1 Å². The van der Waals surface area contributed by atoms with Crippen molar-refractivity contribution in [2.45, 2.75) is 64.0 Å². The van der Waals surface area contributed by atoms with Gasteiger partial charge >= 0.3 is 5.97 Å². The summed E-state index contributed by atoms with van der Waals surface area (Å²) in [7, 11) is 0. The molecule has 2 aromatic carbocycles. The van der Waals surface area contributed by atoms with E-state index >= 15 is 0 Å². The zero-order valence-electron chi connectivity index (χ0n) is 19.7. The topological polar surface area (TPSA) is 49.1 Å². The number of benzene rings is 2. The fourth-order valence-corrected chi connectivity index (χ4v) is 5.96. The first-order chi connectivity index (χ1) is 16.7. The first kappa shape index (κ1) is 21.2. The van der Waals surface area contributed by atoms with Gasteiger partial charge in [0.15, 0.2) is 0 Å². The summed E-state index contributed by atoms with van der Waals surface area (Å²) >= 11 is 0. The smallest absolute Gasteiger partial charge is 0.306 e. The van der Waals surface area contributed by atoms with Crippen LogP contribution < -0.4 is 0 Å². The molecule has 2 aromatic heterocycles. The Morgan fingerprint density at radius 2 is 1.97 bits per heavy atom. The standard InChI is InChI=1S/C29H31N3O2/c1-2-34-29(33)17-24-21-8-6-7-20(15-21)18-32-27(13-14-30-32)22-11-12-28-25(16-22)26(24)19-31(28)23-9-4-3-5-10-23/h6-8,11-16,19,23-24H,2-5,9-10,17-18H2,1H3. The van der Waals surface area contributed by atoms with E-state index in [9.17, 15) is 4.79 Å². The van der Waals surface area contributed by atoms with Gasteiger partial charge in [-0.1, -0.05) is 49.6 Å². The summed E-state index contributed by atoms with van der Waals surface area (Å²) in [5, 5.41) is 5.86. The second kappa shape index (κ2) is 8.79. The number of carbonyl (C=O) groups is 1. The number of fused-ring (bicyclic) bond motifs is 5. The van der Waals surface area contributed by atoms with Gasteiger partial charge in [0.05, 0.1) is 25.3 Å². The van der Waals surface area contributed by atoms with Gasteiger partial charge in [0.2, 0.25) is 0 Å². The molecule has 1 unspecified atom stereocenters.